The summed E-state index contributed by atoms with van der Waals surface area (Å²) in [4.78, 5) is 24.2. The first-order chi connectivity index (χ1) is 8.13. The van der Waals surface area contributed by atoms with Gasteiger partial charge in [0.25, 0.3) is 0 Å². The highest BCUT2D eigenvalue weighted by atomic mass is 16.5. The Kier molecular flexibility index (Phi) is 5.48. The van der Waals surface area contributed by atoms with Crippen LogP contribution in [0, 0.1) is 0 Å². The van der Waals surface area contributed by atoms with Gasteiger partial charge in [-0.05, 0) is 25.9 Å². The molecule has 2 N–H and O–H groups in total. The van der Waals surface area contributed by atoms with Crippen LogP contribution in [0.5, 0.6) is 0 Å². The number of alkyl carbamates (subject to hydrolysis) is 1. The van der Waals surface area contributed by atoms with Gasteiger partial charge < -0.3 is 20.1 Å². The van der Waals surface area contributed by atoms with E-state index in [1.54, 1.807) is 0 Å². The third-order valence-electron chi connectivity index (χ3n) is 2.56. The largest absolute Gasteiger partial charge is 0.480 e. The zero-order valence-electron chi connectivity index (χ0n) is 9.72. The molecule has 1 aliphatic heterocycles. The summed E-state index contributed by atoms with van der Waals surface area (Å²) >= 11 is 0. The SMILES string of the molecule is C=CCOC(=O)NC(CN1CCCC1)C(=O)O. The molecule has 1 fully saturated rings. The fourth-order valence-corrected chi connectivity index (χ4v) is 1.73. The number of carbonyl (C=O) groups excluding carboxylic acids is 1. The summed E-state index contributed by atoms with van der Waals surface area (Å²) in [6, 6.07) is -0.926. The van der Waals surface area contributed by atoms with Crippen molar-refractivity contribution in [1.82, 2.24) is 10.2 Å². The normalized spacial score (nSPS) is 17.4. The van der Waals surface area contributed by atoms with Crippen LogP contribution in [-0.2, 0) is 9.53 Å². The van der Waals surface area contributed by atoms with E-state index in [1.165, 1.54) is 6.08 Å². The zero-order valence-corrected chi connectivity index (χ0v) is 9.72. The predicted octanol–water partition coefficient (Wildman–Crippen LogP) is 0.448. The maximum Gasteiger partial charge on any atom is 0.408 e. The first-order valence-corrected chi connectivity index (χ1v) is 5.63. The Hall–Kier alpha value is -1.56. The molecular weight excluding hydrogens is 224 g/mol. The lowest BCUT2D eigenvalue weighted by molar-refractivity contribution is -0.139. The summed E-state index contributed by atoms with van der Waals surface area (Å²) in [6.45, 7) is 5.55. The van der Waals surface area contributed by atoms with E-state index in [9.17, 15) is 9.59 Å². The highest BCUT2D eigenvalue weighted by Gasteiger charge is 2.24. The molecule has 96 valence electrons. The number of carboxylic acids is 1. The molecule has 1 heterocycles. The number of amides is 1. The van der Waals surface area contributed by atoms with E-state index in [2.05, 4.69) is 16.6 Å². The first kappa shape index (κ1) is 13.5. The van der Waals surface area contributed by atoms with Crippen molar-refractivity contribution >= 4 is 12.1 Å². The quantitative estimate of drug-likeness (QED) is 0.661. The average Bonchev–Trinajstić information content (AvgIpc) is 2.78. The van der Waals surface area contributed by atoms with Crippen molar-refractivity contribution < 1.29 is 19.4 Å². The van der Waals surface area contributed by atoms with Gasteiger partial charge in [0.05, 0.1) is 0 Å². The second-order valence-corrected chi connectivity index (χ2v) is 3.93. The fourth-order valence-electron chi connectivity index (χ4n) is 1.73. The van der Waals surface area contributed by atoms with Crippen LogP contribution in [0.4, 0.5) is 4.79 Å². The van der Waals surface area contributed by atoms with E-state index >= 15 is 0 Å². The highest BCUT2D eigenvalue weighted by molar-refractivity contribution is 5.80. The highest BCUT2D eigenvalue weighted by Crippen LogP contribution is 2.07. The number of carbonyl (C=O) groups is 2. The van der Waals surface area contributed by atoms with Gasteiger partial charge in [0, 0.05) is 6.54 Å². The molecule has 0 radical (unpaired) electrons. The van der Waals surface area contributed by atoms with Gasteiger partial charge in [0.15, 0.2) is 0 Å². The monoisotopic (exact) mass is 242 g/mol. The summed E-state index contributed by atoms with van der Waals surface area (Å²) in [5.41, 5.74) is 0. The maximum absolute atomic E-state index is 11.2. The molecule has 0 saturated carbocycles. The summed E-state index contributed by atoms with van der Waals surface area (Å²) in [7, 11) is 0. The predicted molar refractivity (Wildman–Crippen MR) is 61.8 cm³/mol. The van der Waals surface area contributed by atoms with Gasteiger partial charge >= 0.3 is 12.1 Å². The molecule has 0 bridgehead atoms. The van der Waals surface area contributed by atoms with Crippen LogP contribution in [0.25, 0.3) is 0 Å². The van der Waals surface area contributed by atoms with Crippen LogP contribution < -0.4 is 5.32 Å². The van der Waals surface area contributed by atoms with Crippen molar-refractivity contribution in [2.24, 2.45) is 0 Å². The standard InChI is InChI=1S/C11H18N2O4/c1-2-7-17-11(16)12-9(10(14)15)8-13-5-3-4-6-13/h2,9H,1,3-8H2,(H,12,16)(H,14,15). The molecule has 6 nitrogen and oxygen atoms in total. The number of hydrogen-bond acceptors (Lipinski definition) is 4. The molecule has 0 aromatic heterocycles. The average molecular weight is 242 g/mol. The number of nitrogens with zero attached hydrogens (tertiary/aromatic N) is 1. The number of aliphatic carboxylic acids is 1. The Balaban J connectivity index is 2.39. The number of rotatable bonds is 6. The lowest BCUT2D eigenvalue weighted by Crippen LogP contribution is -2.48. The van der Waals surface area contributed by atoms with Gasteiger partial charge in [-0.25, -0.2) is 9.59 Å². The van der Waals surface area contributed by atoms with Crippen molar-refractivity contribution in [1.29, 1.82) is 0 Å². The summed E-state index contributed by atoms with van der Waals surface area (Å²) in [5.74, 6) is -1.05. The second-order valence-electron chi connectivity index (χ2n) is 3.93. The second kappa shape index (κ2) is 6.90. The molecule has 1 saturated heterocycles. The summed E-state index contributed by atoms with van der Waals surface area (Å²) in [5, 5.41) is 11.3. The van der Waals surface area contributed by atoms with Gasteiger partial charge in [0.2, 0.25) is 0 Å². The summed E-state index contributed by atoms with van der Waals surface area (Å²) in [6.07, 6.45) is 2.85. The summed E-state index contributed by atoms with van der Waals surface area (Å²) < 4.78 is 4.69. The van der Waals surface area contributed by atoms with Gasteiger partial charge in [-0.2, -0.15) is 0 Å². The van der Waals surface area contributed by atoms with E-state index in [4.69, 9.17) is 5.11 Å². The number of ether oxygens (including phenoxy) is 1. The third-order valence-corrected chi connectivity index (χ3v) is 2.56. The number of carboxylic acid groups (broad SMARTS) is 1. The van der Waals surface area contributed by atoms with Crippen LogP contribution in [-0.4, -0.2) is 54.4 Å². The first-order valence-electron chi connectivity index (χ1n) is 5.63. The van der Waals surface area contributed by atoms with Gasteiger partial charge in [-0.1, -0.05) is 12.7 Å². The van der Waals surface area contributed by atoms with Gasteiger partial charge in [-0.3, -0.25) is 0 Å². The minimum Gasteiger partial charge on any atom is -0.480 e. The maximum atomic E-state index is 11.2. The third kappa shape index (κ3) is 4.86. The van der Waals surface area contributed by atoms with Crippen LogP contribution in [0.15, 0.2) is 12.7 Å². The zero-order chi connectivity index (χ0) is 12.7. The molecular formula is C11H18N2O4. The van der Waals surface area contributed by atoms with E-state index in [0.29, 0.717) is 6.54 Å². The van der Waals surface area contributed by atoms with Crippen LogP contribution in [0.1, 0.15) is 12.8 Å². The minimum atomic E-state index is -1.05. The molecule has 0 aromatic carbocycles. The molecule has 1 aliphatic rings. The van der Waals surface area contributed by atoms with Crippen LogP contribution in [0.3, 0.4) is 0 Å². The molecule has 17 heavy (non-hydrogen) atoms. The Bertz CT molecular complexity index is 287. The van der Waals surface area contributed by atoms with Crippen molar-refractivity contribution in [3.63, 3.8) is 0 Å². The van der Waals surface area contributed by atoms with E-state index < -0.39 is 18.1 Å². The molecule has 1 amide bonds. The smallest absolute Gasteiger partial charge is 0.408 e. The van der Waals surface area contributed by atoms with Gasteiger partial charge in [0.1, 0.15) is 12.6 Å². The Morgan fingerprint density at radius 1 is 1.47 bits per heavy atom. The topological polar surface area (TPSA) is 78.9 Å². The molecule has 1 unspecified atom stereocenters. The van der Waals surface area contributed by atoms with Crippen molar-refractivity contribution in [3.05, 3.63) is 12.7 Å². The molecule has 0 spiro atoms. The molecule has 6 heteroatoms. The number of hydrogen-bond donors (Lipinski definition) is 2. The molecule has 1 atom stereocenters. The number of likely N-dealkylation sites (tertiary alicyclic amines) is 1. The van der Waals surface area contributed by atoms with Crippen molar-refractivity contribution in [3.8, 4) is 0 Å². The van der Waals surface area contributed by atoms with Gasteiger partial charge in [-0.15, -0.1) is 0 Å². The van der Waals surface area contributed by atoms with E-state index in [0.717, 1.165) is 25.9 Å². The Labute approximate surface area is 100 Å². The Morgan fingerprint density at radius 3 is 2.65 bits per heavy atom. The Morgan fingerprint density at radius 2 is 2.12 bits per heavy atom. The minimum absolute atomic E-state index is 0.0713. The van der Waals surface area contributed by atoms with Crippen molar-refractivity contribution in [2.45, 2.75) is 18.9 Å². The lowest BCUT2D eigenvalue weighted by atomic mass is 10.3. The molecule has 0 aliphatic carbocycles. The van der Waals surface area contributed by atoms with Crippen LogP contribution >= 0.6 is 0 Å². The van der Waals surface area contributed by atoms with E-state index in [-0.39, 0.29) is 6.61 Å². The van der Waals surface area contributed by atoms with Crippen molar-refractivity contribution in [2.75, 3.05) is 26.2 Å². The van der Waals surface area contributed by atoms with Crippen LogP contribution in [0.2, 0.25) is 0 Å². The lowest BCUT2D eigenvalue weighted by Gasteiger charge is -2.20. The number of nitrogens with one attached hydrogen (secondary N) is 1. The molecule has 1 rings (SSSR count). The van der Waals surface area contributed by atoms with E-state index in [1.807, 2.05) is 4.90 Å². The molecule has 0 aromatic rings. The fraction of sp³-hybridized carbons (Fsp3) is 0.636.